The van der Waals surface area contributed by atoms with Gasteiger partial charge in [0.05, 0.1) is 11.9 Å². The second-order valence-electron chi connectivity index (χ2n) is 2.54. The Morgan fingerprint density at radius 1 is 1.21 bits per heavy atom. The summed E-state index contributed by atoms with van der Waals surface area (Å²) in [4.78, 5) is 23.8. The number of rotatable bonds is 1. The number of hydrogen-bond donors (Lipinski definition) is 1. The largest absolute Gasteiger partial charge is 0.345 e. The molecule has 0 amide bonds. The van der Waals surface area contributed by atoms with Crippen LogP contribution in [0.2, 0.25) is 0 Å². The lowest BCUT2D eigenvalue weighted by Crippen LogP contribution is -2.11. The van der Waals surface area contributed by atoms with E-state index in [4.69, 9.17) is 0 Å². The van der Waals surface area contributed by atoms with E-state index in [2.05, 4.69) is 19.9 Å². The van der Waals surface area contributed by atoms with Crippen LogP contribution in [0.5, 0.6) is 0 Å². The summed E-state index contributed by atoms with van der Waals surface area (Å²) < 4.78 is 13.2. The molecule has 0 unspecified atom stereocenters. The van der Waals surface area contributed by atoms with E-state index < -0.39 is 11.5 Å². The van der Waals surface area contributed by atoms with Crippen molar-refractivity contribution in [3.05, 3.63) is 41.2 Å². The van der Waals surface area contributed by atoms with Gasteiger partial charge in [0.1, 0.15) is 6.33 Å². The van der Waals surface area contributed by atoms with Gasteiger partial charge in [-0.2, -0.15) is 4.98 Å². The first-order chi connectivity index (χ1) is 6.77. The Morgan fingerprint density at radius 2 is 1.93 bits per heavy atom. The van der Waals surface area contributed by atoms with Crippen LogP contribution in [0.15, 0.2) is 29.7 Å². The number of hydrogen-bond acceptors (Lipinski definition) is 4. The van der Waals surface area contributed by atoms with E-state index in [9.17, 15) is 9.18 Å². The fourth-order valence-electron chi connectivity index (χ4n) is 1.02. The third-order valence-electron chi connectivity index (χ3n) is 1.62. The topological polar surface area (TPSA) is 71.5 Å². The molecular formula is C8H5FN4O. The molecule has 0 saturated carbocycles. The number of halogens is 1. The maximum atomic E-state index is 13.2. The van der Waals surface area contributed by atoms with E-state index in [0.29, 0.717) is 5.56 Å². The fraction of sp³-hybridized carbons (Fsp3) is 0. The van der Waals surface area contributed by atoms with Crippen molar-refractivity contribution in [3.8, 4) is 11.3 Å². The predicted molar refractivity (Wildman–Crippen MR) is 45.8 cm³/mol. The molecule has 0 aromatic carbocycles. The normalized spacial score (nSPS) is 10.1. The standard InChI is InChI=1S/C8H5FN4O/c9-6-3-12-8(14)13-7(6)5-1-10-4-11-2-5/h1-4H,(H,12,13,14). The van der Waals surface area contributed by atoms with Crippen molar-refractivity contribution < 1.29 is 4.39 Å². The molecule has 0 saturated heterocycles. The van der Waals surface area contributed by atoms with Crippen molar-refractivity contribution in [2.24, 2.45) is 0 Å². The molecule has 0 aliphatic heterocycles. The Labute approximate surface area is 77.7 Å². The van der Waals surface area contributed by atoms with Crippen LogP contribution in [-0.2, 0) is 0 Å². The summed E-state index contributed by atoms with van der Waals surface area (Å²) in [6, 6.07) is 0. The Hall–Kier alpha value is -2.11. The van der Waals surface area contributed by atoms with Crippen molar-refractivity contribution in [1.82, 2.24) is 19.9 Å². The highest BCUT2D eigenvalue weighted by Gasteiger charge is 2.06. The molecular weight excluding hydrogens is 187 g/mol. The second-order valence-corrected chi connectivity index (χ2v) is 2.54. The molecule has 0 aliphatic carbocycles. The highest BCUT2D eigenvalue weighted by Crippen LogP contribution is 2.15. The minimum atomic E-state index is -0.612. The molecule has 6 heteroatoms. The van der Waals surface area contributed by atoms with Crippen molar-refractivity contribution in [2.75, 3.05) is 0 Å². The molecule has 0 fully saturated rings. The van der Waals surface area contributed by atoms with Crippen LogP contribution < -0.4 is 5.69 Å². The molecule has 0 atom stereocenters. The molecule has 2 heterocycles. The SMILES string of the molecule is O=c1ncc(F)c(-c2cncnc2)[nH]1. The quantitative estimate of drug-likeness (QED) is 0.708. The molecule has 70 valence electrons. The van der Waals surface area contributed by atoms with E-state index in [1.54, 1.807) is 0 Å². The molecule has 0 spiro atoms. The average molecular weight is 192 g/mol. The van der Waals surface area contributed by atoms with E-state index in [-0.39, 0.29) is 5.69 Å². The van der Waals surface area contributed by atoms with E-state index >= 15 is 0 Å². The van der Waals surface area contributed by atoms with Gasteiger partial charge in [-0.1, -0.05) is 0 Å². The Morgan fingerprint density at radius 3 is 2.64 bits per heavy atom. The summed E-state index contributed by atoms with van der Waals surface area (Å²) in [5, 5.41) is 0. The summed E-state index contributed by atoms with van der Waals surface area (Å²) in [6.07, 6.45) is 4.99. The van der Waals surface area contributed by atoms with Crippen LogP contribution >= 0.6 is 0 Å². The highest BCUT2D eigenvalue weighted by molar-refractivity contribution is 5.56. The molecule has 2 aromatic rings. The first-order valence-corrected chi connectivity index (χ1v) is 3.77. The summed E-state index contributed by atoms with van der Waals surface area (Å²) in [5.41, 5.74) is -0.152. The summed E-state index contributed by atoms with van der Waals surface area (Å²) in [5.74, 6) is -0.612. The van der Waals surface area contributed by atoms with E-state index in [1.165, 1.54) is 18.7 Å². The van der Waals surface area contributed by atoms with Gasteiger partial charge in [0, 0.05) is 18.0 Å². The minimum absolute atomic E-state index is 0.0469. The molecule has 0 aliphatic rings. The highest BCUT2D eigenvalue weighted by atomic mass is 19.1. The average Bonchev–Trinajstić information content (AvgIpc) is 2.23. The van der Waals surface area contributed by atoms with Gasteiger partial charge < -0.3 is 4.98 Å². The Bertz CT molecular complexity index is 496. The third-order valence-corrected chi connectivity index (χ3v) is 1.62. The van der Waals surface area contributed by atoms with Crippen LogP contribution in [0.25, 0.3) is 11.3 Å². The fourth-order valence-corrected chi connectivity index (χ4v) is 1.02. The lowest BCUT2D eigenvalue weighted by atomic mass is 10.2. The minimum Gasteiger partial charge on any atom is -0.303 e. The predicted octanol–water partition coefficient (Wildman–Crippen LogP) is 0.366. The number of aromatic amines is 1. The van der Waals surface area contributed by atoms with Gasteiger partial charge in [-0.25, -0.2) is 19.2 Å². The number of H-pyrrole nitrogens is 1. The Balaban J connectivity index is 2.62. The van der Waals surface area contributed by atoms with Gasteiger partial charge >= 0.3 is 5.69 Å². The van der Waals surface area contributed by atoms with Crippen LogP contribution in [0.1, 0.15) is 0 Å². The third kappa shape index (κ3) is 1.49. The molecule has 1 N–H and O–H groups in total. The number of aromatic nitrogens is 4. The molecule has 14 heavy (non-hydrogen) atoms. The van der Waals surface area contributed by atoms with Crippen molar-refractivity contribution in [2.45, 2.75) is 0 Å². The molecule has 5 nitrogen and oxygen atoms in total. The van der Waals surface area contributed by atoms with Crippen LogP contribution in [-0.4, -0.2) is 19.9 Å². The van der Waals surface area contributed by atoms with Gasteiger partial charge in [0.25, 0.3) is 0 Å². The van der Waals surface area contributed by atoms with Crippen molar-refractivity contribution in [1.29, 1.82) is 0 Å². The molecule has 0 bridgehead atoms. The van der Waals surface area contributed by atoms with Gasteiger partial charge in [-0.05, 0) is 0 Å². The van der Waals surface area contributed by atoms with Crippen LogP contribution in [0.3, 0.4) is 0 Å². The lowest BCUT2D eigenvalue weighted by Gasteiger charge is -1.99. The van der Waals surface area contributed by atoms with E-state index in [0.717, 1.165) is 6.20 Å². The first kappa shape index (κ1) is 8.49. The summed E-state index contributed by atoms with van der Waals surface area (Å²) >= 11 is 0. The maximum Gasteiger partial charge on any atom is 0.345 e. The van der Waals surface area contributed by atoms with Crippen molar-refractivity contribution >= 4 is 0 Å². The molecule has 2 aromatic heterocycles. The number of nitrogens with zero attached hydrogens (tertiary/aromatic N) is 3. The zero-order chi connectivity index (χ0) is 9.97. The van der Waals surface area contributed by atoms with Gasteiger partial charge in [0.15, 0.2) is 5.82 Å². The maximum absolute atomic E-state index is 13.2. The lowest BCUT2D eigenvalue weighted by molar-refractivity contribution is 0.615. The Kier molecular flexibility index (Phi) is 2.02. The smallest absolute Gasteiger partial charge is 0.303 e. The van der Waals surface area contributed by atoms with E-state index in [1.807, 2.05) is 0 Å². The zero-order valence-corrected chi connectivity index (χ0v) is 6.94. The van der Waals surface area contributed by atoms with Gasteiger partial charge in [-0.3, -0.25) is 0 Å². The monoisotopic (exact) mass is 192 g/mol. The second kappa shape index (κ2) is 3.33. The van der Waals surface area contributed by atoms with Crippen LogP contribution in [0, 0.1) is 5.82 Å². The van der Waals surface area contributed by atoms with Gasteiger partial charge in [-0.15, -0.1) is 0 Å². The first-order valence-electron chi connectivity index (χ1n) is 3.77. The van der Waals surface area contributed by atoms with Crippen molar-refractivity contribution in [3.63, 3.8) is 0 Å². The summed E-state index contributed by atoms with van der Waals surface area (Å²) in [6.45, 7) is 0. The van der Waals surface area contributed by atoms with Gasteiger partial charge in [0.2, 0.25) is 0 Å². The zero-order valence-electron chi connectivity index (χ0n) is 6.94. The van der Waals surface area contributed by atoms with Crippen LogP contribution in [0.4, 0.5) is 4.39 Å². The summed E-state index contributed by atoms with van der Waals surface area (Å²) in [7, 11) is 0. The molecule has 0 radical (unpaired) electrons. The molecule has 2 rings (SSSR count). The number of nitrogens with one attached hydrogen (secondary N) is 1.